The molecule has 0 N–H and O–H groups in total. The first-order chi connectivity index (χ1) is 15.8. The van der Waals surface area contributed by atoms with Gasteiger partial charge in [0.05, 0.1) is 5.56 Å². The van der Waals surface area contributed by atoms with Crippen LogP contribution in [0.1, 0.15) is 34.7 Å². The third-order valence-electron chi connectivity index (χ3n) is 5.02. The van der Waals surface area contributed by atoms with E-state index in [9.17, 15) is 22.8 Å². The molecule has 1 aliphatic heterocycles. The number of nitrogens with zero attached hydrogens (tertiary/aromatic N) is 2. The molecule has 33 heavy (non-hydrogen) atoms. The van der Waals surface area contributed by atoms with Crippen LogP contribution in [0, 0.1) is 6.92 Å². The highest BCUT2D eigenvalue weighted by atomic mass is 19.4. The number of halogens is 3. The SMILES string of the molecule is Cc1ccccc1.O=C(CCc1cncc(C(F)(F)F)c1)N1C(=O)OCC1c1ccccc1. The van der Waals surface area contributed by atoms with Gasteiger partial charge in [0, 0.05) is 18.8 Å². The monoisotopic (exact) mass is 456 g/mol. The summed E-state index contributed by atoms with van der Waals surface area (Å²) in [5, 5.41) is 0. The van der Waals surface area contributed by atoms with E-state index in [0.717, 1.165) is 22.7 Å². The van der Waals surface area contributed by atoms with Gasteiger partial charge in [-0.15, -0.1) is 0 Å². The minimum atomic E-state index is -4.50. The number of benzene rings is 2. The molecule has 0 bridgehead atoms. The Kier molecular flexibility index (Phi) is 7.82. The molecule has 1 aliphatic rings. The predicted molar refractivity (Wildman–Crippen MR) is 116 cm³/mol. The number of hydrogen-bond acceptors (Lipinski definition) is 4. The van der Waals surface area contributed by atoms with Crippen molar-refractivity contribution in [3.63, 3.8) is 0 Å². The molecule has 2 heterocycles. The van der Waals surface area contributed by atoms with Crippen molar-refractivity contribution in [1.29, 1.82) is 0 Å². The van der Waals surface area contributed by atoms with Gasteiger partial charge in [-0.1, -0.05) is 66.2 Å². The topological polar surface area (TPSA) is 59.5 Å². The number of aromatic nitrogens is 1. The lowest BCUT2D eigenvalue weighted by molar-refractivity contribution is -0.137. The summed E-state index contributed by atoms with van der Waals surface area (Å²) in [5.41, 5.74) is 1.48. The van der Waals surface area contributed by atoms with Gasteiger partial charge in [0.2, 0.25) is 5.91 Å². The minimum Gasteiger partial charge on any atom is -0.446 e. The summed E-state index contributed by atoms with van der Waals surface area (Å²) in [5.74, 6) is -0.501. The maximum absolute atomic E-state index is 12.7. The molecule has 172 valence electrons. The molecule has 5 nitrogen and oxygen atoms in total. The second kappa shape index (κ2) is 10.8. The summed E-state index contributed by atoms with van der Waals surface area (Å²) in [6.45, 7) is 2.14. The van der Waals surface area contributed by atoms with E-state index in [2.05, 4.69) is 24.0 Å². The van der Waals surface area contributed by atoms with Crippen LogP contribution in [0.25, 0.3) is 0 Å². The molecule has 1 fully saturated rings. The molecule has 1 aromatic heterocycles. The van der Waals surface area contributed by atoms with Crippen LogP contribution in [0.2, 0.25) is 0 Å². The Labute approximate surface area is 189 Å². The number of aryl methyl sites for hydroxylation is 2. The highest BCUT2D eigenvalue weighted by Crippen LogP contribution is 2.30. The number of hydrogen-bond donors (Lipinski definition) is 0. The van der Waals surface area contributed by atoms with Crippen LogP contribution in [0.3, 0.4) is 0 Å². The Balaban J connectivity index is 0.000000374. The third-order valence-corrected chi connectivity index (χ3v) is 5.02. The second-order valence-corrected chi connectivity index (χ2v) is 7.50. The first-order valence-electron chi connectivity index (χ1n) is 10.3. The van der Waals surface area contributed by atoms with E-state index < -0.39 is 29.8 Å². The Morgan fingerprint density at radius 1 is 1.06 bits per heavy atom. The fraction of sp³-hybridized carbons (Fsp3) is 0.240. The van der Waals surface area contributed by atoms with Crippen LogP contribution in [0.4, 0.5) is 18.0 Å². The summed E-state index contributed by atoms with van der Waals surface area (Å²) in [7, 11) is 0. The minimum absolute atomic E-state index is 0.0427. The maximum atomic E-state index is 12.7. The molecule has 0 spiro atoms. The highest BCUT2D eigenvalue weighted by Gasteiger charge is 2.38. The van der Waals surface area contributed by atoms with Crippen molar-refractivity contribution in [2.75, 3.05) is 6.61 Å². The third kappa shape index (κ3) is 6.65. The lowest BCUT2D eigenvalue weighted by Gasteiger charge is -2.20. The van der Waals surface area contributed by atoms with Crippen LogP contribution in [-0.4, -0.2) is 28.5 Å². The van der Waals surface area contributed by atoms with Crippen molar-refractivity contribution in [1.82, 2.24) is 9.88 Å². The Bertz CT molecular complexity index is 1070. The summed E-state index contributed by atoms with van der Waals surface area (Å²) >= 11 is 0. The zero-order chi connectivity index (χ0) is 23.8. The van der Waals surface area contributed by atoms with Crippen molar-refractivity contribution in [2.45, 2.75) is 32.0 Å². The van der Waals surface area contributed by atoms with Gasteiger partial charge in [-0.3, -0.25) is 9.78 Å². The van der Waals surface area contributed by atoms with Crippen molar-refractivity contribution >= 4 is 12.0 Å². The second-order valence-electron chi connectivity index (χ2n) is 7.50. The van der Waals surface area contributed by atoms with Crippen LogP contribution in [-0.2, 0) is 22.1 Å². The molecule has 0 aliphatic carbocycles. The lowest BCUT2D eigenvalue weighted by atomic mass is 10.1. The number of pyridine rings is 1. The van der Waals surface area contributed by atoms with E-state index in [1.54, 1.807) is 24.3 Å². The highest BCUT2D eigenvalue weighted by molar-refractivity contribution is 5.93. The number of ether oxygens (including phenoxy) is 1. The van der Waals surface area contributed by atoms with Gasteiger partial charge in [0.15, 0.2) is 0 Å². The zero-order valence-corrected chi connectivity index (χ0v) is 18.0. The number of carbonyl (C=O) groups is 2. The first-order valence-corrected chi connectivity index (χ1v) is 10.3. The normalized spacial score (nSPS) is 15.5. The number of rotatable bonds is 4. The fourth-order valence-corrected chi connectivity index (χ4v) is 3.30. The van der Waals surface area contributed by atoms with Gasteiger partial charge < -0.3 is 4.74 Å². The van der Waals surface area contributed by atoms with E-state index in [1.165, 1.54) is 11.8 Å². The number of imide groups is 1. The van der Waals surface area contributed by atoms with E-state index in [0.29, 0.717) is 0 Å². The summed E-state index contributed by atoms with van der Waals surface area (Å²) in [6, 6.07) is 19.6. The number of carbonyl (C=O) groups excluding carboxylic acids is 2. The lowest BCUT2D eigenvalue weighted by Crippen LogP contribution is -2.34. The largest absolute Gasteiger partial charge is 0.446 e. The van der Waals surface area contributed by atoms with Crippen molar-refractivity contribution in [3.8, 4) is 0 Å². The van der Waals surface area contributed by atoms with Crippen molar-refractivity contribution in [2.24, 2.45) is 0 Å². The van der Waals surface area contributed by atoms with Gasteiger partial charge in [-0.2, -0.15) is 13.2 Å². The number of cyclic esters (lactones) is 1. The van der Waals surface area contributed by atoms with Crippen LogP contribution in [0.5, 0.6) is 0 Å². The van der Waals surface area contributed by atoms with E-state index in [-0.39, 0.29) is 25.0 Å². The van der Waals surface area contributed by atoms with Crippen LogP contribution in [0.15, 0.2) is 79.1 Å². The molecular weight excluding hydrogens is 433 g/mol. The predicted octanol–water partition coefficient (Wildman–Crippen LogP) is 5.75. The van der Waals surface area contributed by atoms with E-state index in [1.807, 2.05) is 24.3 Å². The van der Waals surface area contributed by atoms with Gasteiger partial charge in [-0.25, -0.2) is 9.69 Å². The van der Waals surface area contributed by atoms with Crippen LogP contribution < -0.4 is 0 Å². The number of alkyl halides is 3. The zero-order valence-electron chi connectivity index (χ0n) is 18.0. The standard InChI is InChI=1S/C18H15F3N2O3.C7H8/c19-18(20,21)14-8-12(9-22-10-14)6-7-16(24)23-15(11-26-17(23)25)13-4-2-1-3-5-13;1-7-5-3-2-4-6-7/h1-5,8-10,15H,6-7,11H2;2-6H,1H3. The average molecular weight is 456 g/mol. The van der Waals surface area contributed by atoms with Gasteiger partial charge in [-0.05, 0) is 30.5 Å². The first kappa shape index (κ1) is 24.0. The Hall–Kier alpha value is -3.68. The molecule has 2 amide bonds. The molecule has 1 saturated heterocycles. The maximum Gasteiger partial charge on any atom is 0.417 e. The van der Waals surface area contributed by atoms with Gasteiger partial charge in [0.1, 0.15) is 12.6 Å². The van der Waals surface area contributed by atoms with Gasteiger partial charge in [0.25, 0.3) is 0 Å². The molecule has 2 aromatic carbocycles. The summed E-state index contributed by atoms with van der Waals surface area (Å²) in [4.78, 5) is 29.0. The molecule has 3 aromatic rings. The van der Waals surface area contributed by atoms with Crippen LogP contribution >= 0.6 is 0 Å². The Morgan fingerprint density at radius 3 is 2.27 bits per heavy atom. The number of amides is 2. The molecule has 1 unspecified atom stereocenters. The molecule has 4 rings (SSSR count). The molecule has 1 atom stereocenters. The smallest absolute Gasteiger partial charge is 0.417 e. The van der Waals surface area contributed by atoms with Crippen molar-refractivity contribution < 1.29 is 27.5 Å². The molecule has 8 heteroatoms. The Morgan fingerprint density at radius 2 is 1.70 bits per heavy atom. The molecule has 0 radical (unpaired) electrons. The van der Waals surface area contributed by atoms with E-state index in [4.69, 9.17) is 4.74 Å². The summed E-state index contributed by atoms with van der Waals surface area (Å²) in [6.07, 6.45) is -3.31. The summed E-state index contributed by atoms with van der Waals surface area (Å²) < 4.78 is 43.2. The van der Waals surface area contributed by atoms with Crippen molar-refractivity contribution in [3.05, 3.63) is 101 Å². The van der Waals surface area contributed by atoms with E-state index >= 15 is 0 Å². The molecule has 0 saturated carbocycles. The fourth-order valence-electron chi connectivity index (χ4n) is 3.30. The quantitative estimate of drug-likeness (QED) is 0.502. The average Bonchev–Trinajstić information content (AvgIpc) is 3.20. The molecular formula is C25H23F3N2O3. The van der Waals surface area contributed by atoms with Gasteiger partial charge >= 0.3 is 12.3 Å².